The van der Waals surface area contributed by atoms with Crippen molar-refractivity contribution in [1.82, 2.24) is 4.98 Å². The van der Waals surface area contributed by atoms with Gasteiger partial charge in [0.1, 0.15) is 11.1 Å². The molecule has 3 aromatic rings. The molecule has 0 unspecified atom stereocenters. The Bertz CT molecular complexity index is 818. The van der Waals surface area contributed by atoms with Crippen LogP contribution in [0.4, 0.5) is 0 Å². The second kappa shape index (κ2) is 4.49. The number of aromatic carboxylic acids is 1. The summed E-state index contributed by atoms with van der Waals surface area (Å²) in [5, 5.41) is 9.17. The quantitative estimate of drug-likeness (QED) is 0.766. The number of aryl methyl sites for hydroxylation is 2. The van der Waals surface area contributed by atoms with Crippen LogP contribution in [0, 0.1) is 13.8 Å². The monoisotopic (exact) mass is 267 g/mol. The predicted molar refractivity (Wildman–Crippen MR) is 75.9 cm³/mol. The van der Waals surface area contributed by atoms with Gasteiger partial charge in [0.15, 0.2) is 5.58 Å². The van der Waals surface area contributed by atoms with E-state index >= 15 is 0 Å². The van der Waals surface area contributed by atoms with Crippen LogP contribution >= 0.6 is 0 Å². The summed E-state index contributed by atoms with van der Waals surface area (Å²) in [6.07, 6.45) is 0. The number of hydrogen-bond acceptors (Lipinski definition) is 3. The summed E-state index contributed by atoms with van der Waals surface area (Å²) in [6.45, 7) is 4.00. The number of aromatic nitrogens is 1. The molecule has 2 aromatic carbocycles. The van der Waals surface area contributed by atoms with Crippen molar-refractivity contribution < 1.29 is 14.3 Å². The van der Waals surface area contributed by atoms with E-state index in [0.29, 0.717) is 17.0 Å². The number of rotatable bonds is 2. The average molecular weight is 267 g/mol. The lowest BCUT2D eigenvalue weighted by Crippen LogP contribution is -1.95. The number of carboxylic acid groups (broad SMARTS) is 1. The smallest absolute Gasteiger partial charge is 0.339 e. The van der Waals surface area contributed by atoms with Crippen LogP contribution < -0.4 is 0 Å². The maximum Gasteiger partial charge on any atom is 0.339 e. The van der Waals surface area contributed by atoms with Gasteiger partial charge in [-0.25, -0.2) is 9.78 Å². The van der Waals surface area contributed by atoms with E-state index in [0.717, 1.165) is 16.7 Å². The molecule has 0 saturated heterocycles. The Morgan fingerprint density at radius 3 is 2.70 bits per heavy atom. The lowest BCUT2D eigenvalue weighted by Gasteiger charge is -2.02. The molecule has 20 heavy (non-hydrogen) atoms. The van der Waals surface area contributed by atoms with Crippen molar-refractivity contribution >= 4 is 17.1 Å². The Kier molecular flexibility index (Phi) is 2.79. The van der Waals surface area contributed by atoms with Gasteiger partial charge in [-0.05, 0) is 37.6 Å². The summed E-state index contributed by atoms with van der Waals surface area (Å²) in [6, 6.07) is 10.9. The SMILES string of the molecule is Cc1ccc(-c2nc3cccc(C(=O)O)c3o2)c(C)c1. The van der Waals surface area contributed by atoms with Crippen molar-refractivity contribution in [3.05, 3.63) is 53.1 Å². The van der Waals surface area contributed by atoms with Crippen LogP contribution in [0.3, 0.4) is 0 Å². The van der Waals surface area contributed by atoms with E-state index in [1.807, 2.05) is 32.0 Å². The number of oxazole rings is 1. The molecule has 0 fully saturated rings. The highest BCUT2D eigenvalue weighted by atomic mass is 16.4. The molecule has 100 valence electrons. The molecule has 1 aromatic heterocycles. The topological polar surface area (TPSA) is 63.3 Å². The summed E-state index contributed by atoms with van der Waals surface area (Å²) in [7, 11) is 0. The van der Waals surface area contributed by atoms with Gasteiger partial charge in [0.25, 0.3) is 0 Å². The maximum atomic E-state index is 11.2. The highest BCUT2D eigenvalue weighted by Gasteiger charge is 2.16. The fourth-order valence-electron chi connectivity index (χ4n) is 2.29. The van der Waals surface area contributed by atoms with Gasteiger partial charge < -0.3 is 9.52 Å². The van der Waals surface area contributed by atoms with E-state index < -0.39 is 5.97 Å². The zero-order valence-corrected chi connectivity index (χ0v) is 11.2. The van der Waals surface area contributed by atoms with Crippen LogP contribution in [0.5, 0.6) is 0 Å². The molecule has 0 aliphatic carbocycles. The number of benzene rings is 2. The lowest BCUT2D eigenvalue weighted by molar-refractivity contribution is 0.0698. The van der Waals surface area contributed by atoms with Crippen LogP contribution in [0.1, 0.15) is 21.5 Å². The van der Waals surface area contributed by atoms with E-state index in [9.17, 15) is 4.79 Å². The predicted octanol–water partition coefficient (Wildman–Crippen LogP) is 3.81. The van der Waals surface area contributed by atoms with Crippen molar-refractivity contribution in [3.8, 4) is 11.5 Å². The Balaban J connectivity index is 2.23. The van der Waals surface area contributed by atoms with E-state index in [1.54, 1.807) is 12.1 Å². The Hall–Kier alpha value is -2.62. The van der Waals surface area contributed by atoms with Crippen molar-refractivity contribution in [1.29, 1.82) is 0 Å². The number of nitrogens with zero attached hydrogens (tertiary/aromatic N) is 1. The fourth-order valence-corrected chi connectivity index (χ4v) is 2.29. The van der Waals surface area contributed by atoms with Gasteiger partial charge in [-0.2, -0.15) is 0 Å². The summed E-state index contributed by atoms with van der Waals surface area (Å²) in [5.74, 6) is -0.565. The van der Waals surface area contributed by atoms with Crippen molar-refractivity contribution in [2.75, 3.05) is 0 Å². The van der Waals surface area contributed by atoms with Crippen molar-refractivity contribution in [2.24, 2.45) is 0 Å². The Morgan fingerprint density at radius 1 is 1.20 bits per heavy atom. The van der Waals surface area contributed by atoms with Crippen LogP contribution in [0.25, 0.3) is 22.6 Å². The zero-order valence-electron chi connectivity index (χ0n) is 11.2. The van der Waals surface area contributed by atoms with Gasteiger partial charge in [0.05, 0.1) is 0 Å². The number of para-hydroxylation sites is 1. The molecule has 0 saturated carbocycles. The molecular formula is C16H13NO3. The van der Waals surface area contributed by atoms with Crippen LogP contribution in [0.2, 0.25) is 0 Å². The maximum absolute atomic E-state index is 11.2. The second-order valence-corrected chi connectivity index (χ2v) is 4.80. The van der Waals surface area contributed by atoms with Gasteiger partial charge in [-0.1, -0.05) is 23.8 Å². The minimum absolute atomic E-state index is 0.131. The highest BCUT2D eigenvalue weighted by molar-refractivity contribution is 6.00. The molecule has 0 radical (unpaired) electrons. The third-order valence-corrected chi connectivity index (χ3v) is 3.26. The van der Waals surface area contributed by atoms with Crippen molar-refractivity contribution in [2.45, 2.75) is 13.8 Å². The van der Waals surface area contributed by atoms with Crippen LogP contribution in [-0.2, 0) is 0 Å². The number of carboxylic acids is 1. The molecule has 0 atom stereocenters. The Morgan fingerprint density at radius 2 is 2.00 bits per heavy atom. The van der Waals surface area contributed by atoms with Gasteiger partial charge in [0.2, 0.25) is 5.89 Å². The first-order valence-electron chi connectivity index (χ1n) is 6.27. The van der Waals surface area contributed by atoms with Crippen LogP contribution in [-0.4, -0.2) is 16.1 Å². The van der Waals surface area contributed by atoms with E-state index in [2.05, 4.69) is 4.98 Å². The molecule has 1 heterocycles. The molecule has 0 aliphatic heterocycles. The Labute approximate surface area is 115 Å². The highest BCUT2D eigenvalue weighted by Crippen LogP contribution is 2.29. The third-order valence-electron chi connectivity index (χ3n) is 3.26. The molecule has 4 heteroatoms. The number of fused-ring (bicyclic) bond motifs is 1. The van der Waals surface area contributed by atoms with E-state index in [1.165, 1.54) is 6.07 Å². The average Bonchev–Trinajstić information content (AvgIpc) is 2.81. The van der Waals surface area contributed by atoms with Gasteiger partial charge >= 0.3 is 5.97 Å². The molecule has 3 rings (SSSR count). The van der Waals surface area contributed by atoms with Gasteiger partial charge in [-0.3, -0.25) is 0 Å². The lowest BCUT2D eigenvalue weighted by atomic mass is 10.1. The molecule has 0 aliphatic rings. The molecule has 0 amide bonds. The largest absolute Gasteiger partial charge is 0.478 e. The molecule has 1 N–H and O–H groups in total. The second-order valence-electron chi connectivity index (χ2n) is 4.80. The van der Waals surface area contributed by atoms with Gasteiger partial charge in [-0.15, -0.1) is 0 Å². The first-order chi connectivity index (χ1) is 9.56. The first kappa shape index (κ1) is 12.4. The minimum atomic E-state index is -1.01. The number of hydrogen-bond donors (Lipinski definition) is 1. The molecule has 4 nitrogen and oxygen atoms in total. The van der Waals surface area contributed by atoms with Crippen molar-refractivity contribution in [3.63, 3.8) is 0 Å². The summed E-state index contributed by atoms with van der Waals surface area (Å²) >= 11 is 0. The number of carbonyl (C=O) groups is 1. The summed E-state index contributed by atoms with van der Waals surface area (Å²) in [4.78, 5) is 15.6. The molecule has 0 bridgehead atoms. The normalized spacial score (nSPS) is 10.9. The molecular weight excluding hydrogens is 254 g/mol. The third kappa shape index (κ3) is 1.95. The zero-order chi connectivity index (χ0) is 14.3. The van der Waals surface area contributed by atoms with E-state index in [4.69, 9.17) is 9.52 Å². The van der Waals surface area contributed by atoms with Gasteiger partial charge in [0, 0.05) is 5.56 Å². The minimum Gasteiger partial charge on any atom is -0.478 e. The summed E-state index contributed by atoms with van der Waals surface area (Å²) < 4.78 is 5.68. The standard InChI is InChI=1S/C16H13NO3/c1-9-6-7-11(10(2)8-9)15-17-13-5-3-4-12(16(18)19)14(13)20-15/h3-8H,1-2H3,(H,18,19). The van der Waals surface area contributed by atoms with Crippen LogP contribution in [0.15, 0.2) is 40.8 Å². The summed E-state index contributed by atoms with van der Waals surface area (Å²) in [5.41, 5.74) is 4.09. The fraction of sp³-hybridized carbons (Fsp3) is 0.125. The molecule has 0 spiro atoms. The first-order valence-corrected chi connectivity index (χ1v) is 6.27. The van der Waals surface area contributed by atoms with E-state index in [-0.39, 0.29) is 5.56 Å².